The molecule has 3 atom stereocenters. The molecule has 2 N–H and O–H groups in total. The van der Waals surface area contributed by atoms with Crippen molar-refractivity contribution in [3.05, 3.63) is 109 Å². The Morgan fingerprint density at radius 2 is 1.61 bits per heavy atom. The third-order valence-corrected chi connectivity index (χ3v) is 15.7. The molecule has 54 heavy (non-hydrogen) atoms. The van der Waals surface area contributed by atoms with Gasteiger partial charge in [0.25, 0.3) is 0 Å². The Kier molecular flexibility index (Phi) is 10.3. The molecule has 3 aromatic carbocycles. The number of halogens is 1. The van der Waals surface area contributed by atoms with Gasteiger partial charge in [0.15, 0.2) is 0 Å². The molecule has 4 aromatic rings. The lowest BCUT2D eigenvalue weighted by Gasteiger charge is -2.38. The Balaban J connectivity index is 1.74. The molecule has 1 aromatic heterocycles. The van der Waals surface area contributed by atoms with Crippen LogP contribution in [-0.4, -0.2) is 26.9 Å². The number of aliphatic carboxylic acids is 1. The zero-order valence-electron chi connectivity index (χ0n) is 37.9. The molecule has 0 saturated heterocycles. The van der Waals surface area contributed by atoms with E-state index in [0.717, 1.165) is 61.1 Å². The Labute approximate surface area is 338 Å². The predicted molar refractivity (Wildman–Crippen MR) is 232 cm³/mol. The van der Waals surface area contributed by atoms with E-state index in [0.29, 0.717) is 28.3 Å². The minimum absolute atomic E-state index is 0.0398. The number of aromatic nitrogens is 1. The maximum absolute atomic E-state index is 12.5. The molecule has 1 aliphatic carbocycles. The van der Waals surface area contributed by atoms with Gasteiger partial charge in [-0.05, 0) is 159 Å². The Morgan fingerprint density at radius 3 is 2.20 bits per heavy atom. The van der Waals surface area contributed by atoms with Gasteiger partial charge in [-0.15, -0.1) is 11.8 Å². The predicted octanol–water partition coefficient (Wildman–Crippen LogP) is 13.3. The molecule has 0 amide bonds. The van der Waals surface area contributed by atoms with E-state index in [9.17, 15) is 19.1 Å². The zero-order valence-corrected chi connectivity index (χ0v) is 36.4. The molecule has 2 unspecified atom stereocenters. The van der Waals surface area contributed by atoms with Crippen LogP contribution in [0.1, 0.15) is 147 Å². The average molecular weight is 772 g/mol. The smallest absolute Gasteiger partial charge is 0.303 e. The number of hydrogen-bond acceptors (Lipinski definition) is 4. The minimum atomic E-state index is -2.26. The second-order valence-electron chi connectivity index (χ2n) is 17.3. The van der Waals surface area contributed by atoms with Crippen LogP contribution in [0.25, 0.3) is 22.6 Å². The lowest BCUT2D eigenvalue weighted by molar-refractivity contribution is -0.138. The number of nitrogens with zero attached hydrogens (tertiary/aromatic N) is 1. The summed E-state index contributed by atoms with van der Waals surface area (Å²) in [6, 6.07) is 15.2. The molecule has 0 aliphatic heterocycles. The molecule has 0 bridgehead atoms. The number of rotatable bonds is 13. The number of aryl methyl sites for hydroxylation is 3. The molecule has 0 spiro atoms. The number of carboxylic acids is 1. The van der Waals surface area contributed by atoms with Crippen molar-refractivity contribution >= 4 is 51.9 Å². The van der Waals surface area contributed by atoms with Gasteiger partial charge in [-0.3, -0.25) is 4.79 Å². The topological polar surface area (TPSA) is 70.4 Å². The van der Waals surface area contributed by atoms with Crippen molar-refractivity contribution in [2.75, 3.05) is 5.75 Å². The van der Waals surface area contributed by atoms with Gasteiger partial charge in [-0.25, -0.2) is 4.98 Å². The molecule has 290 valence electrons. The van der Waals surface area contributed by atoms with Crippen molar-refractivity contribution < 1.29 is 19.1 Å². The van der Waals surface area contributed by atoms with Gasteiger partial charge in [0, 0.05) is 30.4 Å². The molecule has 1 fully saturated rings. The molecule has 1 heterocycles. The van der Waals surface area contributed by atoms with E-state index < -0.39 is 34.0 Å². The highest BCUT2D eigenvalue weighted by Gasteiger charge is 2.76. The summed E-state index contributed by atoms with van der Waals surface area (Å²) in [6.07, 6.45) is 0.157. The summed E-state index contributed by atoms with van der Waals surface area (Å²) in [5.41, 5.74) is 7.88. The van der Waals surface area contributed by atoms with Crippen LogP contribution in [-0.2, 0) is 15.1 Å². The molecule has 1 aliphatic rings. The Morgan fingerprint density at radius 1 is 0.981 bits per heavy atom. The molecule has 4 nitrogen and oxygen atoms in total. The number of benzene rings is 3. The highest BCUT2D eigenvalue weighted by Crippen LogP contribution is 2.80. The van der Waals surface area contributed by atoms with Crippen LogP contribution < -0.4 is 0 Å². The Hall–Kier alpha value is -3.12. The SMILES string of the molecule is [2H]C(C)(c1ccccc1C(C)(O)CC)C([2H])([2H])[C@@](C)(SCC1(CC(=O)O)C(C)(C)C1(C)C)c1ccc(C)c(/C(C)=C/c2cc(C)c3c(C)c(C)c(Cl)cc3n2)c1C. The molecule has 6 heteroatoms. The van der Waals surface area contributed by atoms with E-state index in [-0.39, 0.29) is 17.3 Å². The van der Waals surface area contributed by atoms with Crippen LogP contribution in [0.5, 0.6) is 0 Å². The maximum Gasteiger partial charge on any atom is 0.303 e. The van der Waals surface area contributed by atoms with Crippen molar-refractivity contribution in [3.63, 3.8) is 0 Å². The summed E-state index contributed by atoms with van der Waals surface area (Å²) in [5.74, 6) is -2.36. The highest BCUT2D eigenvalue weighted by atomic mass is 35.5. The van der Waals surface area contributed by atoms with E-state index in [4.69, 9.17) is 16.6 Å². The standard InChI is InChI=1S/C48H62ClNO3S/c1-15-46(13,53)38-19-17-16-18-36(38)31(5)25-47(14,54-27-48(26-41(51)52)44(9,10)45(48,11)12)37-21-20-28(2)42(34(37)8)29(3)22-35-23-30(4)43-33(7)32(6)39(49)24-40(43)50-35/h16-24,31,53H,15,25-27H2,1-14H3,(H,51,52)/b29-22+/t31?,46?,47-/m1/s1/i25D2,31D. The van der Waals surface area contributed by atoms with E-state index in [1.54, 1.807) is 32.0 Å². The maximum atomic E-state index is 12.5. The average Bonchev–Trinajstić information content (AvgIpc) is 3.44. The molecule has 0 radical (unpaired) electrons. The van der Waals surface area contributed by atoms with Crippen molar-refractivity contribution in [2.24, 2.45) is 16.2 Å². The number of hydrogen-bond donors (Lipinski definition) is 2. The fourth-order valence-electron chi connectivity index (χ4n) is 9.25. The number of pyridine rings is 1. The van der Waals surface area contributed by atoms with Crippen LogP contribution in [0, 0.1) is 50.9 Å². The quantitative estimate of drug-likeness (QED) is 0.142. The molecular weight excluding hydrogens is 706 g/mol. The molecular formula is C48H62ClNO3S. The van der Waals surface area contributed by atoms with E-state index >= 15 is 0 Å². The van der Waals surface area contributed by atoms with Crippen LogP contribution in [0.3, 0.4) is 0 Å². The third kappa shape index (κ3) is 7.07. The van der Waals surface area contributed by atoms with Crippen LogP contribution in [0.2, 0.25) is 5.02 Å². The first-order valence-electron chi connectivity index (χ1n) is 20.6. The van der Waals surface area contributed by atoms with Crippen molar-refractivity contribution in [1.82, 2.24) is 4.98 Å². The summed E-state index contributed by atoms with van der Waals surface area (Å²) in [4.78, 5) is 17.5. The first-order valence-corrected chi connectivity index (χ1v) is 20.5. The first-order chi connectivity index (χ1) is 26.1. The summed E-state index contributed by atoms with van der Waals surface area (Å²) >= 11 is 8.04. The second-order valence-corrected chi connectivity index (χ2v) is 19.1. The van der Waals surface area contributed by atoms with E-state index in [2.05, 4.69) is 67.5 Å². The summed E-state index contributed by atoms with van der Waals surface area (Å²) in [5, 5.41) is 23.6. The number of fused-ring (bicyclic) bond motifs is 1. The number of carbonyl (C=O) groups is 1. The van der Waals surface area contributed by atoms with Gasteiger partial charge in [-0.1, -0.05) is 89.5 Å². The van der Waals surface area contributed by atoms with E-state index in [1.807, 2.05) is 52.0 Å². The Bertz CT molecular complexity index is 2280. The van der Waals surface area contributed by atoms with Gasteiger partial charge in [-0.2, -0.15) is 0 Å². The third-order valence-electron chi connectivity index (χ3n) is 13.7. The number of allylic oxidation sites excluding steroid dienone is 1. The lowest BCUT2D eigenvalue weighted by atomic mass is 9.78. The summed E-state index contributed by atoms with van der Waals surface area (Å²) in [7, 11) is 0. The van der Waals surface area contributed by atoms with Crippen molar-refractivity contribution in [3.8, 4) is 0 Å². The number of thioether (sulfide) groups is 1. The fourth-order valence-corrected chi connectivity index (χ4v) is 11.5. The largest absolute Gasteiger partial charge is 0.481 e. The van der Waals surface area contributed by atoms with Crippen molar-refractivity contribution in [2.45, 2.75) is 132 Å². The van der Waals surface area contributed by atoms with E-state index in [1.165, 1.54) is 11.8 Å². The normalized spacial score (nSPS) is 20.6. The lowest BCUT2D eigenvalue weighted by Crippen LogP contribution is -2.28. The van der Waals surface area contributed by atoms with Gasteiger partial charge in [0.05, 0.1) is 23.2 Å². The molecule has 5 rings (SSSR count). The number of carboxylic acid groups (broad SMARTS) is 1. The highest BCUT2D eigenvalue weighted by molar-refractivity contribution is 8.00. The van der Waals surface area contributed by atoms with Gasteiger partial charge in [0.1, 0.15) is 0 Å². The zero-order chi connectivity index (χ0) is 43.1. The van der Waals surface area contributed by atoms with Crippen LogP contribution in [0.15, 0.2) is 48.5 Å². The summed E-state index contributed by atoms with van der Waals surface area (Å²) in [6.45, 7) is 27.9. The van der Waals surface area contributed by atoms with Gasteiger partial charge in [0.2, 0.25) is 0 Å². The molecule has 1 saturated carbocycles. The monoisotopic (exact) mass is 770 g/mol. The first kappa shape index (κ1) is 37.8. The fraction of sp³-hybridized carbons (Fsp3) is 0.500. The van der Waals surface area contributed by atoms with Gasteiger partial charge >= 0.3 is 5.97 Å². The van der Waals surface area contributed by atoms with Crippen molar-refractivity contribution in [1.29, 1.82) is 0 Å². The van der Waals surface area contributed by atoms with Gasteiger partial charge < -0.3 is 10.2 Å². The van der Waals surface area contributed by atoms with Crippen LogP contribution in [0.4, 0.5) is 0 Å². The summed E-state index contributed by atoms with van der Waals surface area (Å²) < 4.78 is 29.3. The second kappa shape index (κ2) is 14.8. The van der Waals surface area contributed by atoms with Crippen LogP contribution >= 0.6 is 23.4 Å². The number of aliphatic hydroxyl groups is 1. The minimum Gasteiger partial charge on any atom is -0.481 e.